The van der Waals surface area contributed by atoms with Crippen LogP contribution in [0.25, 0.3) is 0 Å². The van der Waals surface area contributed by atoms with E-state index in [2.05, 4.69) is 15.3 Å². The molecule has 0 aliphatic carbocycles. The van der Waals surface area contributed by atoms with E-state index in [9.17, 15) is 4.39 Å². The molecular weight excluding hydrogens is 247 g/mol. The van der Waals surface area contributed by atoms with Crippen LogP contribution in [0.15, 0.2) is 29.4 Å². The molecular formula is C9H7FN4S2. The van der Waals surface area contributed by atoms with Crippen LogP contribution >= 0.6 is 24.4 Å². The normalized spacial score (nSPS) is 11.1. The molecule has 0 amide bonds. The second-order valence-electron chi connectivity index (χ2n) is 2.94. The van der Waals surface area contributed by atoms with E-state index in [0.29, 0.717) is 15.1 Å². The fraction of sp³-hybridized carbons (Fsp3) is 0. The van der Waals surface area contributed by atoms with Gasteiger partial charge in [0.1, 0.15) is 5.82 Å². The average Bonchev–Trinajstić information content (AvgIpc) is 2.58. The molecule has 0 unspecified atom stereocenters. The third-order valence-corrected chi connectivity index (χ3v) is 2.43. The predicted octanol–water partition coefficient (Wildman–Crippen LogP) is 2.62. The van der Waals surface area contributed by atoms with E-state index in [1.165, 1.54) is 17.0 Å². The molecule has 0 radical (unpaired) electrons. The largest absolute Gasteiger partial charge is 0.273 e. The Morgan fingerprint density at radius 3 is 2.44 bits per heavy atom. The van der Waals surface area contributed by atoms with Crippen molar-refractivity contribution in [2.75, 3.05) is 0 Å². The number of H-pyrrole nitrogens is 2. The smallest absolute Gasteiger partial charge is 0.215 e. The summed E-state index contributed by atoms with van der Waals surface area (Å²) in [6.07, 6.45) is 1.36. The van der Waals surface area contributed by atoms with Crippen molar-refractivity contribution in [1.29, 1.82) is 0 Å². The Morgan fingerprint density at radius 2 is 1.81 bits per heavy atom. The number of aromatic amines is 2. The summed E-state index contributed by atoms with van der Waals surface area (Å²) in [5.74, 6) is -0.344. The highest BCUT2D eigenvalue weighted by Crippen LogP contribution is 2.03. The molecule has 7 heteroatoms. The Labute approximate surface area is 100 Å². The van der Waals surface area contributed by atoms with E-state index in [1.807, 2.05) is 0 Å². The van der Waals surface area contributed by atoms with E-state index < -0.39 is 0 Å². The van der Waals surface area contributed by atoms with Crippen molar-refractivity contribution < 1.29 is 4.39 Å². The summed E-state index contributed by atoms with van der Waals surface area (Å²) in [6.45, 7) is 0. The molecule has 1 heterocycles. The van der Waals surface area contributed by atoms with Gasteiger partial charge in [-0.25, -0.2) is 4.39 Å². The lowest BCUT2D eigenvalue weighted by atomic mass is 10.2. The van der Waals surface area contributed by atoms with Gasteiger partial charge in [-0.3, -0.25) is 10.2 Å². The molecule has 0 aliphatic heterocycles. The first kappa shape index (κ1) is 10.9. The first-order valence-corrected chi connectivity index (χ1v) is 5.19. The first-order chi connectivity index (χ1) is 7.68. The predicted molar refractivity (Wildman–Crippen MR) is 64.2 cm³/mol. The highest BCUT2D eigenvalue weighted by molar-refractivity contribution is 7.72. The number of hydrogen-bond acceptors (Lipinski definition) is 3. The van der Waals surface area contributed by atoms with Gasteiger partial charge in [0, 0.05) is 5.56 Å². The van der Waals surface area contributed by atoms with Crippen molar-refractivity contribution in [1.82, 2.24) is 14.9 Å². The van der Waals surface area contributed by atoms with Crippen LogP contribution in [0, 0.1) is 15.4 Å². The van der Waals surface area contributed by atoms with Gasteiger partial charge in [-0.15, -0.1) is 0 Å². The molecule has 0 bridgehead atoms. The zero-order valence-electron chi connectivity index (χ0n) is 7.98. The minimum absolute atomic E-state index is 0.331. The van der Waals surface area contributed by atoms with Crippen molar-refractivity contribution in [2.45, 2.75) is 0 Å². The molecule has 1 aromatic carbocycles. The molecule has 0 saturated heterocycles. The van der Waals surface area contributed by atoms with Crippen LogP contribution in [0.5, 0.6) is 0 Å². The number of rotatable bonds is 2. The van der Waals surface area contributed by atoms with Crippen molar-refractivity contribution in [3.8, 4) is 0 Å². The summed E-state index contributed by atoms with van der Waals surface area (Å²) < 4.78 is 15.2. The topological polar surface area (TPSA) is 48.9 Å². The third-order valence-electron chi connectivity index (χ3n) is 1.88. The number of halogens is 1. The minimum Gasteiger partial charge on any atom is -0.273 e. The molecule has 0 saturated carbocycles. The quantitative estimate of drug-likeness (QED) is 0.639. The first-order valence-electron chi connectivity index (χ1n) is 4.37. The van der Waals surface area contributed by atoms with Crippen LogP contribution in [0.1, 0.15) is 5.56 Å². The molecule has 2 rings (SSSR count). The van der Waals surface area contributed by atoms with Crippen molar-refractivity contribution in [3.63, 3.8) is 0 Å². The van der Waals surface area contributed by atoms with Crippen molar-refractivity contribution >= 4 is 30.7 Å². The van der Waals surface area contributed by atoms with Gasteiger partial charge in [0.05, 0.1) is 6.21 Å². The molecule has 2 N–H and O–H groups in total. The molecule has 16 heavy (non-hydrogen) atoms. The Bertz CT molecular complexity index is 610. The van der Waals surface area contributed by atoms with Gasteiger partial charge >= 0.3 is 0 Å². The van der Waals surface area contributed by atoms with Crippen LogP contribution in [-0.2, 0) is 0 Å². The van der Waals surface area contributed by atoms with E-state index in [0.717, 1.165) is 0 Å². The maximum atomic E-state index is 13.3. The van der Waals surface area contributed by atoms with E-state index >= 15 is 0 Å². The number of hydrogen-bond donors (Lipinski definition) is 2. The molecule has 0 spiro atoms. The molecule has 82 valence electrons. The van der Waals surface area contributed by atoms with E-state index in [4.69, 9.17) is 24.4 Å². The van der Waals surface area contributed by atoms with Crippen LogP contribution in [0.2, 0.25) is 0 Å². The monoisotopic (exact) mass is 254 g/mol. The van der Waals surface area contributed by atoms with Gasteiger partial charge in [0.2, 0.25) is 9.54 Å². The summed E-state index contributed by atoms with van der Waals surface area (Å²) in [7, 11) is 0. The highest BCUT2D eigenvalue weighted by atomic mass is 32.1. The van der Waals surface area contributed by atoms with Gasteiger partial charge in [-0.1, -0.05) is 18.2 Å². The van der Waals surface area contributed by atoms with Crippen LogP contribution in [0.4, 0.5) is 4.39 Å². The second kappa shape index (κ2) is 4.50. The Hall–Kier alpha value is -1.60. The minimum atomic E-state index is -0.344. The number of benzene rings is 1. The summed E-state index contributed by atoms with van der Waals surface area (Å²) in [4.78, 5) is 0. The molecule has 1 aromatic heterocycles. The Kier molecular flexibility index (Phi) is 3.07. The Balaban J connectivity index is 2.40. The van der Waals surface area contributed by atoms with Gasteiger partial charge < -0.3 is 0 Å². The third kappa shape index (κ3) is 2.15. The van der Waals surface area contributed by atoms with Gasteiger partial charge in [0.25, 0.3) is 0 Å². The number of nitrogens with one attached hydrogen (secondary N) is 2. The maximum absolute atomic E-state index is 13.3. The zero-order chi connectivity index (χ0) is 11.5. The second-order valence-corrected chi connectivity index (χ2v) is 3.71. The van der Waals surface area contributed by atoms with Crippen LogP contribution in [0.3, 0.4) is 0 Å². The van der Waals surface area contributed by atoms with Crippen LogP contribution in [-0.4, -0.2) is 21.1 Å². The highest BCUT2D eigenvalue weighted by Gasteiger charge is 1.97. The van der Waals surface area contributed by atoms with Gasteiger partial charge in [0.15, 0.2) is 0 Å². The molecule has 0 aliphatic rings. The summed E-state index contributed by atoms with van der Waals surface area (Å²) in [6, 6.07) is 6.31. The molecule has 0 atom stereocenters. The van der Waals surface area contributed by atoms with Gasteiger partial charge in [-0.05, 0) is 30.5 Å². The SMILES string of the molecule is Fc1ccccc1/C=N\n1c(=S)[nH][nH]c1=S. The summed E-state index contributed by atoms with van der Waals surface area (Å²) in [5.41, 5.74) is 0.375. The zero-order valence-corrected chi connectivity index (χ0v) is 9.61. The van der Waals surface area contributed by atoms with E-state index in [1.54, 1.807) is 18.2 Å². The fourth-order valence-electron chi connectivity index (χ4n) is 1.11. The average molecular weight is 254 g/mol. The lowest BCUT2D eigenvalue weighted by Gasteiger charge is -1.94. The van der Waals surface area contributed by atoms with Crippen LogP contribution < -0.4 is 0 Å². The molecule has 0 fully saturated rings. The van der Waals surface area contributed by atoms with E-state index in [-0.39, 0.29) is 5.82 Å². The lowest BCUT2D eigenvalue weighted by Crippen LogP contribution is -1.93. The van der Waals surface area contributed by atoms with Gasteiger partial charge in [-0.2, -0.15) is 9.78 Å². The number of aromatic nitrogens is 3. The van der Waals surface area contributed by atoms with Crippen molar-refractivity contribution in [2.24, 2.45) is 5.10 Å². The summed E-state index contributed by atoms with van der Waals surface area (Å²) >= 11 is 9.85. The van der Waals surface area contributed by atoms with Crippen molar-refractivity contribution in [3.05, 3.63) is 45.2 Å². The maximum Gasteiger partial charge on any atom is 0.215 e. The lowest BCUT2D eigenvalue weighted by molar-refractivity contribution is 0.625. The standard InChI is InChI=1S/C9H7FN4S2/c10-7-4-2-1-3-6(7)5-11-14-8(15)12-13-9(14)16/h1-5H,(H,12,15)(H,13,16)/b11-5-. The fourth-order valence-corrected chi connectivity index (χ4v) is 1.55. The number of nitrogens with zero attached hydrogens (tertiary/aromatic N) is 2. The summed E-state index contributed by atoms with van der Waals surface area (Å²) in [5, 5.41) is 9.24. The Morgan fingerprint density at radius 1 is 1.19 bits per heavy atom. The molecule has 2 aromatic rings. The molecule has 4 nitrogen and oxygen atoms in total.